The molecule has 18 heavy (non-hydrogen) atoms. The van der Waals surface area contributed by atoms with E-state index in [-0.39, 0.29) is 23.8 Å². The van der Waals surface area contributed by atoms with Crippen molar-refractivity contribution in [1.29, 1.82) is 0 Å². The molecule has 1 rings (SSSR count). The Balaban J connectivity index is 2.57. The molecule has 0 spiro atoms. The van der Waals surface area contributed by atoms with Gasteiger partial charge in [-0.25, -0.2) is 4.79 Å². The Bertz CT molecular complexity index is 430. The second kappa shape index (κ2) is 6.60. The minimum atomic E-state index is -0.633. The van der Waals surface area contributed by atoms with Crippen molar-refractivity contribution < 1.29 is 19.1 Å². The van der Waals surface area contributed by atoms with Gasteiger partial charge < -0.3 is 20.5 Å². The summed E-state index contributed by atoms with van der Waals surface area (Å²) in [6, 6.07) is 0. The van der Waals surface area contributed by atoms with Crippen LogP contribution in [0.3, 0.4) is 0 Å². The van der Waals surface area contributed by atoms with E-state index in [9.17, 15) is 9.59 Å². The Morgan fingerprint density at radius 3 is 2.83 bits per heavy atom. The summed E-state index contributed by atoms with van der Waals surface area (Å²) < 4.78 is 10.6. The molecule has 0 radical (unpaired) electrons. The van der Waals surface area contributed by atoms with Crippen LogP contribution in [0, 0.1) is 0 Å². The average molecular weight is 256 g/mol. The zero-order valence-corrected chi connectivity index (χ0v) is 10.3. The highest BCUT2D eigenvalue weighted by molar-refractivity contribution is 5.92. The molecule has 0 bridgehead atoms. The first-order valence-corrected chi connectivity index (χ1v) is 5.25. The first-order chi connectivity index (χ1) is 8.58. The summed E-state index contributed by atoms with van der Waals surface area (Å²) in [7, 11) is 2.78. The van der Waals surface area contributed by atoms with E-state index in [1.165, 1.54) is 18.0 Å². The summed E-state index contributed by atoms with van der Waals surface area (Å²) in [5, 5.41) is 6.50. The number of nitrogens with two attached hydrogens (primary N) is 1. The van der Waals surface area contributed by atoms with Crippen molar-refractivity contribution in [2.75, 3.05) is 33.1 Å². The molecule has 0 aliphatic rings. The second-order valence-electron chi connectivity index (χ2n) is 3.46. The van der Waals surface area contributed by atoms with Crippen LogP contribution in [0.15, 0.2) is 6.20 Å². The van der Waals surface area contributed by atoms with Gasteiger partial charge in [0.2, 0.25) is 5.91 Å². The van der Waals surface area contributed by atoms with Crippen molar-refractivity contribution in [3.05, 3.63) is 11.9 Å². The number of nitrogens with one attached hydrogen (secondary N) is 1. The Morgan fingerprint density at radius 1 is 1.50 bits per heavy atom. The van der Waals surface area contributed by atoms with Crippen molar-refractivity contribution in [3.8, 4) is 0 Å². The van der Waals surface area contributed by atoms with Gasteiger partial charge in [-0.1, -0.05) is 0 Å². The summed E-state index contributed by atoms with van der Waals surface area (Å²) >= 11 is 0. The van der Waals surface area contributed by atoms with Crippen LogP contribution in [0.4, 0.5) is 5.69 Å². The molecule has 1 aromatic heterocycles. The summed E-state index contributed by atoms with van der Waals surface area (Å²) in [6.45, 7) is 0.821. The van der Waals surface area contributed by atoms with E-state index in [1.54, 1.807) is 7.11 Å². The predicted molar refractivity (Wildman–Crippen MR) is 62.9 cm³/mol. The van der Waals surface area contributed by atoms with Gasteiger partial charge in [0.25, 0.3) is 0 Å². The lowest BCUT2D eigenvalue weighted by molar-refractivity contribution is -0.122. The quantitative estimate of drug-likeness (QED) is 0.500. The molecule has 0 saturated heterocycles. The van der Waals surface area contributed by atoms with Crippen LogP contribution in [0.5, 0.6) is 0 Å². The molecule has 8 nitrogen and oxygen atoms in total. The van der Waals surface area contributed by atoms with Gasteiger partial charge in [0.1, 0.15) is 6.54 Å². The second-order valence-corrected chi connectivity index (χ2v) is 3.46. The van der Waals surface area contributed by atoms with Gasteiger partial charge in [-0.05, 0) is 0 Å². The number of carbonyl (C=O) groups excluding carboxylic acids is 2. The standard InChI is InChI=1S/C10H16N4O4/c1-17-4-3-12-8(15)6-14-5-7(11)9(13-14)10(16)18-2/h5H,3-4,6,11H2,1-2H3,(H,12,15). The zero-order chi connectivity index (χ0) is 13.5. The van der Waals surface area contributed by atoms with Crippen LogP contribution in [0.1, 0.15) is 10.5 Å². The lowest BCUT2D eigenvalue weighted by Gasteiger charge is -2.04. The van der Waals surface area contributed by atoms with Crippen molar-refractivity contribution >= 4 is 17.6 Å². The number of methoxy groups -OCH3 is 2. The van der Waals surface area contributed by atoms with Crippen molar-refractivity contribution in [2.24, 2.45) is 0 Å². The van der Waals surface area contributed by atoms with Gasteiger partial charge in [0, 0.05) is 19.9 Å². The third-order valence-electron chi connectivity index (χ3n) is 2.10. The highest BCUT2D eigenvalue weighted by Crippen LogP contribution is 2.09. The lowest BCUT2D eigenvalue weighted by atomic mass is 10.4. The van der Waals surface area contributed by atoms with Gasteiger partial charge in [-0.3, -0.25) is 9.48 Å². The van der Waals surface area contributed by atoms with E-state index >= 15 is 0 Å². The summed E-state index contributed by atoms with van der Waals surface area (Å²) in [4.78, 5) is 22.7. The maximum Gasteiger partial charge on any atom is 0.360 e. The summed E-state index contributed by atoms with van der Waals surface area (Å²) in [5.74, 6) is -0.878. The monoisotopic (exact) mass is 256 g/mol. The van der Waals surface area contributed by atoms with Crippen molar-refractivity contribution in [1.82, 2.24) is 15.1 Å². The molecule has 0 saturated carbocycles. The average Bonchev–Trinajstić information content (AvgIpc) is 2.69. The number of ether oxygens (including phenoxy) is 2. The van der Waals surface area contributed by atoms with E-state index in [4.69, 9.17) is 10.5 Å². The number of nitrogen functional groups attached to an aromatic ring is 1. The lowest BCUT2D eigenvalue weighted by Crippen LogP contribution is -2.30. The Labute approximate surface area is 104 Å². The maximum atomic E-state index is 11.5. The first kappa shape index (κ1) is 14.0. The third-order valence-corrected chi connectivity index (χ3v) is 2.10. The van der Waals surface area contributed by atoms with Gasteiger partial charge in [0.05, 0.1) is 19.4 Å². The molecule has 1 amide bonds. The number of anilines is 1. The molecule has 1 heterocycles. The van der Waals surface area contributed by atoms with Crippen LogP contribution in [-0.2, 0) is 20.8 Å². The molecule has 0 aromatic carbocycles. The Morgan fingerprint density at radius 2 is 2.22 bits per heavy atom. The largest absolute Gasteiger partial charge is 0.464 e. The number of hydrogen-bond acceptors (Lipinski definition) is 6. The summed E-state index contributed by atoms with van der Waals surface area (Å²) in [6.07, 6.45) is 1.40. The molecular formula is C10H16N4O4. The number of hydrogen-bond donors (Lipinski definition) is 2. The minimum Gasteiger partial charge on any atom is -0.464 e. The number of amides is 1. The fraction of sp³-hybridized carbons (Fsp3) is 0.500. The SMILES string of the molecule is COCCNC(=O)Cn1cc(N)c(C(=O)OC)n1. The van der Waals surface area contributed by atoms with E-state index in [1.807, 2.05) is 0 Å². The third kappa shape index (κ3) is 3.74. The number of rotatable bonds is 6. The number of esters is 1. The maximum absolute atomic E-state index is 11.5. The number of nitrogens with zero attached hydrogens (tertiary/aromatic N) is 2. The smallest absolute Gasteiger partial charge is 0.360 e. The number of carbonyl (C=O) groups is 2. The van der Waals surface area contributed by atoms with Crippen LogP contribution in [0.2, 0.25) is 0 Å². The van der Waals surface area contributed by atoms with E-state index in [0.29, 0.717) is 13.2 Å². The van der Waals surface area contributed by atoms with Gasteiger partial charge in [-0.15, -0.1) is 0 Å². The van der Waals surface area contributed by atoms with Crippen LogP contribution in [-0.4, -0.2) is 49.0 Å². The van der Waals surface area contributed by atoms with E-state index in [0.717, 1.165) is 0 Å². The summed E-state index contributed by atoms with van der Waals surface area (Å²) in [5.41, 5.74) is 5.75. The molecule has 100 valence electrons. The topological polar surface area (TPSA) is 108 Å². The highest BCUT2D eigenvalue weighted by atomic mass is 16.5. The van der Waals surface area contributed by atoms with Gasteiger partial charge in [-0.2, -0.15) is 5.10 Å². The van der Waals surface area contributed by atoms with Crippen molar-refractivity contribution in [2.45, 2.75) is 6.54 Å². The molecule has 0 aliphatic carbocycles. The first-order valence-electron chi connectivity index (χ1n) is 5.25. The molecule has 0 aliphatic heterocycles. The zero-order valence-electron chi connectivity index (χ0n) is 10.3. The molecule has 8 heteroatoms. The van der Waals surface area contributed by atoms with Gasteiger partial charge in [0.15, 0.2) is 5.69 Å². The van der Waals surface area contributed by atoms with Crippen LogP contribution < -0.4 is 11.1 Å². The van der Waals surface area contributed by atoms with Gasteiger partial charge >= 0.3 is 5.97 Å². The predicted octanol–water partition coefficient (Wildman–Crippen LogP) is -0.985. The van der Waals surface area contributed by atoms with Crippen molar-refractivity contribution in [3.63, 3.8) is 0 Å². The highest BCUT2D eigenvalue weighted by Gasteiger charge is 2.16. The normalized spacial score (nSPS) is 10.1. The molecule has 0 atom stereocenters. The fourth-order valence-corrected chi connectivity index (χ4v) is 1.27. The van der Waals surface area contributed by atoms with Crippen LogP contribution >= 0.6 is 0 Å². The molecule has 3 N–H and O–H groups in total. The van der Waals surface area contributed by atoms with E-state index < -0.39 is 5.97 Å². The molecule has 0 fully saturated rings. The molecule has 1 aromatic rings. The molecular weight excluding hydrogens is 240 g/mol. The number of aromatic nitrogens is 2. The Kier molecular flexibility index (Phi) is 5.12. The fourth-order valence-electron chi connectivity index (χ4n) is 1.27. The Hall–Kier alpha value is -2.09. The molecule has 0 unspecified atom stereocenters. The minimum absolute atomic E-state index is 0.00203. The van der Waals surface area contributed by atoms with Crippen LogP contribution in [0.25, 0.3) is 0 Å². The van der Waals surface area contributed by atoms with E-state index in [2.05, 4.69) is 15.2 Å².